The van der Waals surface area contributed by atoms with E-state index in [1.165, 1.54) is 0 Å². The molecule has 0 bridgehead atoms. The van der Waals surface area contributed by atoms with Gasteiger partial charge in [0.05, 0.1) is 0 Å². The van der Waals surface area contributed by atoms with Crippen molar-refractivity contribution in [2.24, 2.45) is 4.99 Å². The molecule has 0 unspecified atom stereocenters. The number of hydrogen-bond donors (Lipinski definition) is 2. The van der Waals surface area contributed by atoms with Crippen molar-refractivity contribution >= 4 is 17.7 Å². The first-order valence-corrected chi connectivity index (χ1v) is 8.32. The molecule has 0 fully saturated rings. The summed E-state index contributed by atoms with van der Waals surface area (Å²) >= 11 is 1.86. The third-order valence-corrected chi connectivity index (χ3v) is 4.54. The molecular weight excluding hydrogens is 256 g/mol. The zero-order valence-electron chi connectivity index (χ0n) is 13.7. The van der Waals surface area contributed by atoms with E-state index in [0.29, 0.717) is 6.04 Å². The second kappa shape index (κ2) is 9.48. The minimum Gasteiger partial charge on any atom is -0.355 e. The van der Waals surface area contributed by atoms with Crippen molar-refractivity contribution in [1.29, 1.82) is 0 Å². The summed E-state index contributed by atoms with van der Waals surface area (Å²) in [4.78, 5) is 6.70. The van der Waals surface area contributed by atoms with Crippen LogP contribution in [0.1, 0.15) is 34.6 Å². The number of guanidine groups is 1. The molecule has 0 atom stereocenters. The monoisotopic (exact) mass is 288 g/mol. The normalized spacial score (nSPS) is 13.2. The topological polar surface area (TPSA) is 39.7 Å². The van der Waals surface area contributed by atoms with Crippen LogP contribution in [0.4, 0.5) is 0 Å². The van der Waals surface area contributed by atoms with E-state index in [0.717, 1.165) is 32.1 Å². The molecule has 5 heteroatoms. The van der Waals surface area contributed by atoms with Crippen molar-refractivity contribution < 1.29 is 0 Å². The molecule has 114 valence electrons. The Labute approximate surface area is 123 Å². The first-order valence-electron chi connectivity index (χ1n) is 7.10. The highest BCUT2D eigenvalue weighted by Gasteiger charge is 2.16. The van der Waals surface area contributed by atoms with Crippen molar-refractivity contribution in [2.75, 3.05) is 39.5 Å². The number of thioether (sulfide) groups is 1. The standard InChI is InChI=1S/C14H32N4S/c1-8-18(12(2)3)10-9-16-13(15-6)17-11-14(4,5)19-7/h12H,8-11H2,1-7H3,(H2,15,16,17). The number of aliphatic imine (C=N–C) groups is 1. The van der Waals surface area contributed by atoms with Crippen LogP contribution in [0.3, 0.4) is 0 Å². The lowest BCUT2D eigenvalue weighted by Gasteiger charge is -2.26. The van der Waals surface area contributed by atoms with Crippen LogP contribution in [0, 0.1) is 0 Å². The van der Waals surface area contributed by atoms with Crippen molar-refractivity contribution in [3.63, 3.8) is 0 Å². The molecule has 0 aliphatic carbocycles. The van der Waals surface area contributed by atoms with Gasteiger partial charge in [-0.3, -0.25) is 9.89 Å². The van der Waals surface area contributed by atoms with Gasteiger partial charge in [-0.05, 0) is 40.5 Å². The van der Waals surface area contributed by atoms with Gasteiger partial charge in [-0.2, -0.15) is 11.8 Å². The summed E-state index contributed by atoms with van der Waals surface area (Å²) in [5.74, 6) is 0.891. The highest BCUT2D eigenvalue weighted by molar-refractivity contribution is 7.99. The quantitative estimate of drug-likeness (QED) is 0.529. The summed E-state index contributed by atoms with van der Waals surface area (Å²) in [6, 6.07) is 0.595. The molecule has 0 radical (unpaired) electrons. The third kappa shape index (κ3) is 8.37. The minimum atomic E-state index is 0.227. The molecule has 0 amide bonds. The van der Waals surface area contributed by atoms with Crippen molar-refractivity contribution in [3.05, 3.63) is 0 Å². The Morgan fingerprint density at radius 2 is 1.95 bits per heavy atom. The van der Waals surface area contributed by atoms with E-state index < -0.39 is 0 Å². The smallest absolute Gasteiger partial charge is 0.191 e. The van der Waals surface area contributed by atoms with Gasteiger partial charge in [0.1, 0.15) is 0 Å². The average Bonchev–Trinajstić information content (AvgIpc) is 2.37. The summed E-state index contributed by atoms with van der Waals surface area (Å²) < 4.78 is 0.227. The molecule has 0 rings (SSSR count). The maximum atomic E-state index is 4.26. The molecule has 0 spiro atoms. The molecule has 0 aromatic rings. The SMILES string of the molecule is CCN(CCNC(=NC)NCC(C)(C)SC)C(C)C. The van der Waals surface area contributed by atoms with Crippen LogP contribution < -0.4 is 10.6 Å². The number of hydrogen-bond acceptors (Lipinski definition) is 3. The number of nitrogens with one attached hydrogen (secondary N) is 2. The highest BCUT2D eigenvalue weighted by Crippen LogP contribution is 2.19. The summed E-state index contributed by atoms with van der Waals surface area (Å²) in [6.07, 6.45) is 2.14. The average molecular weight is 289 g/mol. The van der Waals surface area contributed by atoms with Gasteiger partial charge < -0.3 is 10.6 Å². The Bertz CT molecular complexity index is 264. The van der Waals surface area contributed by atoms with E-state index in [1.54, 1.807) is 0 Å². The number of likely N-dealkylation sites (N-methyl/N-ethyl adjacent to an activating group) is 1. The third-order valence-electron chi connectivity index (χ3n) is 3.29. The lowest BCUT2D eigenvalue weighted by Crippen LogP contribution is -2.46. The minimum absolute atomic E-state index is 0.227. The van der Waals surface area contributed by atoms with Gasteiger partial charge in [0.15, 0.2) is 5.96 Å². The van der Waals surface area contributed by atoms with Crippen LogP contribution in [0.25, 0.3) is 0 Å². The molecule has 0 aromatic heterocycles. The summed E-state index contributed by atoms with van der Waals surface area (Å²) in [5, 5.41) is 6.75. The van der Waals surface area contributed by atoms with Gasteiger partial charge in [0.25, 0.3) is 0 Å². The predicted octanol–water partition coefficient (Wildman–Crippen LogP) is 2.02. The fraction of sp³-hybridized carbons (Fsp3) is 0.929. The van der Waals surface area contributed by atoms with E-state index in [9.17, 15) is 0 Å². The Morgan fingerprint density at radius 3 is 2.37 bits per heavy atom. The first kappa shape index (κ1) is 18.6. The molecule has 0 aliphatic heterocycles. The van der Waals surface area contributed by atoms with Crippen molar-refractivity contribution in [1.82, 2.24) is 15.5 Å². The molecule has 19 heavy (non-hydrogen) atoms. The summed E-state index contributed by atoms with van der Waals surface area (Å²) in [7, 11) is 1.82. The van der Waals surface area contributed by atoms with E-state index in [1.807, 2.05) is 18.8 Å². The lowest BCUT2D eigenvalue weighted by molar-refractivity contribution is 0.237. The second-order valence-corrected chi connectivity index (χ2v) is 7.05. The van der Waals surface area contributed by atoms with Gasteiger partial charge in [0.2, 0.25) is 0 Å². The molecular formula is C14H32N4S. The fourth-order valence-corrected chi connectivity index (χ4v) is 1.91. The zero-order valence-corrected chi connectivity index (χ0v) is 14.5. The molecule has 0 saturated heterocycles. The largest absolute Gasteiger partial charge is 0.355 e. The molecule has 0 heterocycles. The fourth-order valence-electron chi connectivity index (χ4n) is 1.69. The Kier molecular flexibility index (Phi) is 9.27. The molecule has 0 aromatic carbocycles. The van der Waals surface area contributed by atoms with Gasteiger partial charge >= 0.3 is 0 Å². The number of rotatable bonds is 8. The number of nitrogens with zero attached hydrogens (tertiary/aromatic N) is 2. The van der Waals surface area contributed by atoms with E-state index in [-0.39, 0.29) is 4.75 Å². The molecule has 2 N–H and O–H groups in total. The van der Waals surface area contributed by atoms with Gasteiger partial charge in [-0.25, -0.2) is 0 Å². The van der Waals surface area contributed by atoms with Crippen LogP contribution in [-0.4, -0.2) is 61.1 Å². The predicted molar refractivity (Wildman–Crippen MR) is 89.3 cm³/mol. The molecule has 0 saturated carbocycles. The van der Waals surface area contributed by atoms with Crippen molar-refractivity contribution in [2.45, 2.75) is 45.4 Å². The maximum absolute atomic E-state index is 4.26. The van der Waals surface area contributed by atoms with E-state index >= 15 is 0 Å². The van der Waals surface area contributed by atoms with Crippen LogP contribution in [-0.2, 0) is 0 Å². The van der Waals surface area contributed by atoms with Crippen LogP contribution in [0.15, 0.2) is 4.99 Å². The van der Waals surface area contributed by atoms with Crippen LogP contribution >= 0.6 is 11.8 Å². The van der Waals surface area contributed by atoms with Gasteiger partial charge in [-0.1, -0.05) is 6.92 Å². The van der Waals surface area contributed by atoms with Crippen molar-refractivity contribution in [3.8, 4) is 0 Å². The van der Waals surface area contributed by atoms with Crippen LogP contribution in [0.5, 0.6) is 0 Å². The Morgan fingerprint density at radius 1 is 1.32 bits per heavy atom. The van der Waals surface area contributed by atoms with Gasteiger partial charge in [0, 0.05) is 37.5 Å². The Balaban J connectivity index is 4.02. The highest BCUT2D eigenvalue weighted by atomic mass is 32.2. The summed E-state index contributed by atoms with van der Waals surface area (Å²) in [5.41, 5.74) is 0. The lowest BCUT2D eigenvalue weighted by atomic mass is 10.2. The molecule has 4 nitrogen and oxygen atoms in total. The maximum Gasteiger partial charge on any atom is 0.191 e. The zero-order chi connectivity index (χ0) is 14.9. The second-order valence-electron chi connectivity index (χ2n) is 5.54. The van der Waals surface area contributed by atoms with E-state index in [2.05, 4.69) is 61.4 Å². The molecule has 0 aliphatic rings. The van der Waals surface area contributed by atoms with Crippen LogP contribution in [0.2, 0.25) is 0 Å². The summed E-state index contributed by atoms with van der Waals surface area (Å²) in [6.45, 7) is 15.1. The van der Waals surface area contributed by atoms with Gasteiger partial charge in [-0.15, -0.1) is 0 Å². The van der Waals surface area contributed by atoms with E-state index in [4.69, 9.17) is 0 Å². The Hall–Kier alpha value is -0.420. The first-order chi connectivity index (χ1) is 8.86.